The van der Waals surface area contributed by atoms with Crippen LogP contribution in [0.1, 0.15) is 40.0 Å². The number of carbonyl (C=O) groups is 3. The van der Waals surface area contributed by atoms with Gasteiger partial charge >= 0.3 is 5.97 Å². The van der Waals surface area contributed by atoms with Crippen molar-refractivity contribution in [2.75, 3.05) is 13.7 Å². The lowest BCUT2D eigenvalue weighted by atomic mass is 9.97. The fourth-order valence-electron chi connectivity index (χ4n) is 2.49. The third-order valence-corrected chi connectivity index (χ3v) is 3.55. The second-order valence-electron chi connectivity index (χ2n) is 5.49. The number of hydrogen-bond donors (Lipinski definition) is 1. The highest BCUT2D eigenvalue weighted by atomic mass is 16.5. The zero-order chi connectivity index (χ0) is 15.3. The maximum Gasteiger partial charge on any atom is 0.328 e. The lowest BCUT2D eigenvalue weighted by molar-refractivity contribution is -0.156. The first-order valence-corrected chi connectivity index (χ1v) is 7.04. The van der Waals surface area contributed by atoms with Crippen LogP contribution in [0.25, 0.3) is 0 Å². The Hall–Kier alpha value is -1.59. The Balaban J connectivity index is 2.89. The monoisotopic (exact) mass is 284 g/mol. The van der Waals surface area contributed by atoms with Gasteiger partial charge in [-0.3, -0.25) is 9.59 Å². The number of likely N-dealkylation sites (tertiary alicyclic amines) is 1. The number of esters is 1. The average molecular weight is 284 g/mol. The van der Waals surface area contributed by atoms with Crippen LogP contribution in [0.2, 0.25) is 0 Å². The van der Waals surface area contributed by atoms with Crippen molar-refractivity contribution >= 4 is 17.8 Å². The Labute approximate surface area is 119 Å². The van der Waals surface area contributed by atoms with E-state index in [1.54, 1.807) is 4.90 Å². The number of hydrogen-bond acceptors (Lipinski definition) is 4. The SMILES string of the molecule is COC(=O)[C@H]1CCCCN1C(=O)C(NC(C)=O)C(C)C. The van der Waals surface area contributed by atoms with Gasteiger partial charge in [0.15, 0.2) is 0 Å². The molecular formula is C14H24N2O4. The minimum Gasteiger partial charge on any atom is -0.467 e. The molecule has 0 aromatic rings. The van der Waals surface area contributed by atoms with Gasteiger partial charge in [0, 0.05) is 13.5 Å². The van der Waals surface area contributed by atoms with Gasteiger partial charge in [-0.1, -0.05) is 13.8 Å². The molecule has 0 aromatic heterocycles. The van der Waals surface area contributed by atoms with E-state index in [1.807, 2.05) is 13.8 Å². The molecule has 1 unspecified atom stereocenters. The number of ether oxygens (including phenoxy) is 1. The van der Waals surface area contributed by atoms with Crippen LogP contribution in [0.3, 0.4) is 0 Å². The highest BCUT2D eigenvalue weighted by Crippen LogP contribution is 2.20. The van der Waals surface area contributed by atoms with Crippen molar-refractivity contribution < 1.29 is 19.1 Å². The molecule has 1 aliphatic heterocycles. The number of methoxy groups -OCH3 is 1. The van der Waals surface area contributed by atoms with Crippen molar-refractivity contribution in [1.29, 1.82) is 0 Å². The van der Waals surface area contributed by atoms with E-state index in [2.05, 4.69) is 5.32 Å². The molecule has 114 valence electrons. The minimum absolute atomic E-state index is 0.0355. The zero-order valence-corrected chi connectivity index (χ0v) is 12.6. The largest absolute Gasteiger partial charge is 0.467 e. The molecule has 1 heterocycles. The number of rotatable bonds is 4. The lowest BCUT2D eigenvalue weighted by Crippen LogP contribution is -2.57. The summed E-state index contributed by atoms with van der Waals surface area (Å²) in [5.74, 6) is -0.871. The van der Waals surface area contributed by atoms with Gasteiger partial charge in [-0.2, -0.15) is 0 Å². The number of amides is 2. The minimum atomic E-state index is -0.599. The number of nitrogens with one attached hydrogen (secondary N) is 1. The van der Waals surface area contributed by atoms with Gasteiger partial charge in [-0.05, 0) is 25.2 Å². The van der Waals surface area contributed by atoms with E-state index < -0.39 is 12.1 Å². The Kier molecular flexibility index (Phi) is 5.98. The molecule has 2 atom stereocenters. The summed E-state index contributed by atoms with van der Waals surface area (Å²) in [6, 6.07) is -1.13. The van der Waals surface area contributed by atoms with Crippen molar-refractivity contribution in [3.63, 3.8) is 0 Å². The maximum atomic E-state index is 12.6. The molecule has 0 bridgehead atoms. The summed E-state index contributed by atoms with van der Waals surface area (Å²) in [7, 11) is 1.33. The van der Waals surface area contributed by atoms with Gasteiger partial charge in [0.2, 0.25) is 11.8 Å². The van der Waals surface area contributed by atoms with E-state index in [0.29, 0.717) is 13.0 Å². The molecule has 0 saturated carbocycles. The van der Waals surface area contributed by atoms with E-state index in [4.69, 9.17) is 4.74 Å². The van der Waals surface area contributed by atoms with Gasteiger partial charge in [-0.25, -0.2) is 4.79 Å². The summed E-state index contributed by atoms with van der Waals surface area (Å²) in [6.45, 7) is 5.66. The standard InChI is InChI=1S/C14H24N2O4/c1-9(2)12(15-10(3)17)13(18)16-8-6-5-7-11(16)14(19)20-4/h9,11-12H,5-8H2,1-4H3,(H,15,17)/t11-,12?/m1/s1. The first kappa shape index (κ1) is 16.5. The van der Waals surface area contributed by atoms with Gasteiger partial charge in [0.1, 0.15) is 12.1 Å². The van der Waals surface area contributed by atoms with Gasteiger partial charge in [-0.15, -0.1) is 0 Å². The van der Waals surface area contributed by atoms with E-state index in [1.165, 1.54) is 14.0 Å². The molecule has 6 heteroatoms. The first-order chi connectivity index (χ1) is 9.38. The second-order valence-corrected chi connectivity index (χ2v) is 5.49. The highest BCUT2D eigenvalue weighted by Gasteiger charge is 2.37. The molecule has 20 heavy (non-hydrogen) atoms. The van der Waals surface area contributed by atoms with Crippen LogP contribution < -0.4 is 5.32 Å². The normalized spacial score (nSPS) is 20.4. The lowest BCUT2D eigenvalue weighted by Gasteiger charge is -2.37. The molecule has 1 rings (SSSR count). The molecule has 0 spiro atoms. The smallest absolute Gasteiger partial charge is 0.328 e. The Bertz CT molecular complexity index is 381. The predicted molar refractivity (Wildman–Crippen MR) is 73.8 cm³/mol. The van der Waals surface area contributed by atoms with Crippen LogP contribution in [0, 0.1) is 5.92 Å². The average Bonchev–Trinajstić information content (AvgIpc) is 2.42. The van der Waals surface area contributed by atoms with E-state index >= 15 is 0 Å². The quantitative estimate of drug-likeness (QED) is 0.771. The Morgan fingerprint density at radius 1 is 1.25 bits per heavy atom. The Morgan fingerprint density at radius 3 is 2.40 bits per heavy atom. The molecule has 0 aromatic carbocycles. The van der Waals surface area contributed by atoms with Gasteiger partial charge < -0.3 is 15.0 Å². The topological polar surface area (TPSA) is 75.7 Å². The fourth-order valence-corrected chi connectivity index (χ4v) is 2.49. The van der Waals surface area contributed by atoms with Crippen molar-refractivity contribution in [2.45, 2.75) is 52.1 Å². The van der Waals surface area contributed by atoms with Crippen LogP contribution in [-0.2, 0) is 19.1 Å². The van der Waals surface area contributed by atoms with Crippen molar-refractivity contribution in [2.24, 2.45) is 5.92 Å². The molecule has 0 aliphatic carbocycles. The zero-order valence-electron chi connectivity index (χ0n) is 12.6. The van der Waals surface area contributed by atoms with Crippen molar-refractivity contribution in [3.8, 4) is 0 Å². The number of nitrogens with zero attached hydrogens (tertiary/aromatic N) is 1. The Morgan fingerprint density at radius 2 is 1.90 bits per heavy atom. The molecular weight excluding hydrogens is 260 g/mol. The number of piperidine rings is 1. The summed E-state index contributed by atoms with van der Waals surface area (Å²) in [6.07, 6.45) is 2.38. The molecule has 2 amide bonds. The summed E-state index contributed by atoms with van der Waals surface area (Å²) in [5.41, 5.74) is 0. The third-order valence-electron chi connectivity index (χ3n) is 3.55. The molecule has 1 N–H and O–H groups in total. The van der Waals surface area contributed by atoms with Crippen LogP contribution in [0.15, 0.2) is 0 Å². The van der Waals surface area contributed by atoms with Crippen molar-refractivity contribution in [3.05, 3.63) is 0 Å². The van der Waals surface area contributed by atoms with Crippen LogP contribution in [0.5, 0.6) is 0 Å². The van der Waals surface area contributed by atoms with Gasteiger partial charge in [0.25, 0.3) is 0 Å². The van der Waals surface area contributed by atoms with E-state index in [9.17, 15) is 14.4 Å². The summed E-state index contributed by atoms with van der Waals surface area (Å²) < 4.78 is 4.77. The van der Waals surface area contributed by atoms with Gasteiger partial charge in [0.05, 0.1) is 7.11 Å². The summed E-state index contributed by atoms with van der Waals surface area (Å²) in [5, 5.41) is 2.67. The highest BCUT2D eigenvalue weighted by molar-refractivity contribution is 5.90. The number of carbonyl (C=O) groups excluding carboxylic acids is 3. The summed E-state index contributed by atoms with van der Waals surface area (Å²) in [4.78, 5) is 37.2. The van der Waals surface area contributed by atoms with Crippen LogP contribution in [0.4, 0.5) is 0 Å². The fraction of sp³-hybridized carbons (Fsp3) is 0.786. The summed E-state index contributed by atoms with van der Waals surface area (Å²) >= 11 is 0. The van der Waals surface area contributed by atoms with Crippen LogP contribution >= 0.6 is 0 Å². The molecule has 1 fully saturated rings. The predicted octanol–water partition coefficient (Wildman–Crippen LogP) is 0.701. The second kappa shape index (κ2) is 7.26. The van der Waals surface area contributed by atoms with Crippen LogP contribution in [-0.4, -0.2) is 48.4 Å². The molecule has 1 aliphatic rings. The molecule has 0 radical (unpaired) electrons. The maximum absolute atomic E-state index is 12.6. The molecule has 6 nitrogen and oxygen atoms in total. The third kappa shape index (κ3) is 3.95. The van der Waals surface area contributed by atoms with Crippen molar-refractivity contribution in [1.82, 2.24) is 10.2 Å². The first-order valence-electron chi connectivity index (χ1n) is 7.04. The van der Waals surface area contributed by atoms with E-state index in [-0.39, 0.29) is 23.7 Å². The van der Waals surface area contributed by atoms with E-state index in [0.717, 1.165) is 12.8 Å². The molecule has 1 saturated heterocycles.